The summed E-state index contributed by atoms with van der Waals surface area (Å²) in [6.07, 6.45) is 4.58. The minimum atomic E-state index is -1.77. The van der Waals surface area contributed by atoms with Crippen molar-refractivity contribution in [2.24, 2.45) is 5.92 Å². The van der Waals surface area contributed by atoms with Crippen molar-refractivity contribution in [1.82, 2.24) is 14.5 Å². The van der Waals surface area contributed by atoms with Gasteiger partial charge in [-0.2, -0.15) is 0 Å². The highest BCUT2D eigenvalue weighted by atomic mass is 32.2. The van der Waals surface area contributed by atoms with Gasteiger partial charge in [0, 0.05) is 12.4 Å². The number of β-lactam (4-membered cyclic amide) rings is 1. The zero-order valence-electron chi connectivity index (χ0n) is 13.4. The van der Waals surface area contributed by atoms with Crippen LogP contribution in [-0.4, -0.2) is 51.2 Å². The maximum atomic E-state index is 12.5. The molecule has 1 saturated heterocycles. The molecule has 9 heteroatoms. The Hall–Kier alpha value is -1.58. The highest BCUT2D eigenvalue weighted by Crippen LogP contribution is 2.52. The molecule has 0 aliphatic carbocycles. The van der Waals surface area contributed by atoms with E-state index in [1.807, 2.05) is 6.92 Å². The molecule has 23 heavy (non-hydrogen) atoms. The van der Waals surface area contributed by atoms with Crippen LogP contribution in [0.3, 0.4) is 0 Å². The van der Waals surface area contributed by atoms with Gasteiger partial charge in [-0.15, -0.1) is 0 Å². The number of thioether (sulfide) groups is 1. The van der Waals surface area contributed by atoms with E-state index in [9.17, 15) is 14.7 Å². The van der Waals surface area contributed by atoms with E-state index >= 15 is 0 Å². The summed E-state index contributed by atoms with van der Waals surface area (Å²) in [6.45, 7) is 8.12. The standard InChI is InChI=1S/C14H19N3O4SSi/c1-8(21-23(2,3)4)9-11(18)17-10(14(19)20)13(22-12(9)17)16-6-5-15-7-16/h5-9,12H,1-4H3,(H,19,20)/t8?,9-,12+/m0/s1. The summed E-state index contributed by atoms with van der Waals surface area (Å²) in [4.78, 5) is 29.5. The van der Waals surface area contributed by atoms with Crippen molar-refractivity contribution < 1.29 is 19.1 Å². The molecule has 1 amide bonds. The first-order valence-electron chi connectivity index (χ1n) is 7.34. The predicted octanol–water partition coefficient (Wildman–Crippen LogP) is 1.87. The van der Waals surface area contributed by atoms with E-state index in [-0.39, 0.29) is 29.0 Å². The minimum absolute atomic E-state index is 0.0273. The van der Waals surface area contributed by atoms with E-state index in [2.05, 4.69) is 24.6 Å². The van der Waals surface area contributed by atoms with Gasteiger partial charge in [0.2, 0.25) is 5.91 Å². The number of hydrogen-bond acceptors (Lipinski definition) is 5. The molecular weight excluding hydrogens is 334 g/mol. The molecule has 0 saturated carbocycles. The van der Waals surface area contributed by atoms with Crippen LogP contribution in [-0.2, 0) is 14.0 Å². The van der Waals surface area contributed by atoms with Crippen LogP contribution in [0.5, 0.6) is 0 Å². The lowest BCUT2D eigenvalue weighted by Gasteiger charge is -2.45. The Morgan fingerprint density at radius 2 is 2.17 bits per heavy atom. The number of imidazole rings is 1. The summed E-state index contributed by atoms with van der Waals surface area (Å²) < 4.78 is 7.67. The Bertz CT molecular complexity index is 683. The van der Waals surface area contributed by atoms with Crippen molar-refractivity contribution in [1.29, 1.82) is 0 Å². The number of aromatic nitrogens is 2. The van der Waals surface area contributed by atoms with E-state index in [1.165, 1.54) is 16.7 Å². The highest BCUT2D eigenvalue weighted by Gasteiger charge is 2.58. The SMILES string of the molecule is CC(O[Si](C)(C)C)[C@H]1C(=O)N2C(C(=O)O)=C(n3ccnc3)S[C@H]12. The fourth-order valence-corrected chi connectivity index (χ4v) is 5.76. The van der Waals surface area contributed by atoms with Gasteiger partial charge in [-0.3, -0.25) is 14.3 Å². The Balaban J connectivity index is 1.87. The number of carboxylic acid groups (broad SMARTS) is 1. The van der Waals surface area contributed by atoms with E-state index in [4.69, 9.17) is 4.43 Å². The van der Waals surface area contributed by atoms with Gasteiger partial charge in [0.25, 0.3) is 0 Å². The third-order valence-corrected chi connectivity index (χ3v) is 6.20. The predicted molar refractivity (Wildman–Crippen MR) is 88.7 cm³/mol. The molecule has 2 aliphatic rings. The number of fused-ring (bicyclic) bond motifs is 1. The molecule has 7 nitrogen and oxygen atoms in total. The second-order valence-electron chi connectivity index (χ2n) is 6.61. The number of rotatable bonds is 5. The molecule has 124 valence electrons. The van der Waals surface area contributed by atoms with Crippen LogP contribution in [0.4, 0.5) is 0 Å². The van der Waals surface area contributed by atoms with Gasteiger partial charge >= 0.3 is 5.97 Å². The Kier molecular flexibility index (Phi) is 3.89. The number of hydrogen-bond donors (Lipinski definition) is 1. The highest BCUT2D eigenvalue weighted by molar-refractivity contribution is 8.08. The molecule has 2 aliphatic heterocycles. The van der Waals surface area contributed by atoms with E-state index in [0.29, 0.717) is 5.03 Å². The first kappa shape index (κ1) is 16.3. The molecule has 1 aromatic heterocycles. The van der Waals surface area contributed by atoms with Crippen LogP contribution in [0.2, 0.25) is 19.6 Å². The Morgan fingerprint density at radius 3 is 2.70 bits per heavy atom. The summed E-state index contributed by atoms with van der Waals surface area (Å²) in [7, 11) is -1.77. The normalized spacial score (nSPS) is 25.4. The lowest BCUT2D eigenvalue weighted by molar-refractivity contribution is -0.156. The van der Waals surface area contributed by atoms with Gasteiger partial charge in [0.15, 0.2) is 14.0 Å². The van der Waals surface area contributed by atoms with Crippen LogP contribution in [0.15, 0.2) is 24.4 Å². The average molecular weight is 353 g/mol. The van der Waals surface area contributed by atoms with E-state index in [0.717, 1.165) is 0 Å². The summed E-state index contributed by atoms with van der Waals surface area (Å²) in [5.74, 6) is -1.60. The van der Waals surface area contributed by atoms with Crippen LogP contribution in [0.1, 0.15) is 6.92 Å². The molecule has 0 radical (unpaired) electrons. The van der Waals surface area contributed by atoms with Crippen LogP contribution >= 0.6 is 11.8 Å². The molecule has 0 spiro atoms. The van der Waals surface area contributed by atoms with Crippen molar-refractivity contribution in [3.05, 3.63) is 24.4 Å². The molecule has 3 rings (SSSR count). The van der Waals surface area contributed by atoms with Crippen molar-refractivity contribution in [3.8, 4) is 0 Å². The monoisotopic (exact) mass is 353 g/mol. The average Bonchev–Trinajstić information content (AvgIpc) is 3.00. The Labute approximate surface area is 139 Å². The van der Waals surface area contributed by atoms with Crippen molar-refractivity contribution >= 4 is 37.0 Å². The lowest BCUT2D eigenvalue weighted by Crippen LogP contribution is -2.62. The van der Waals surface area contributed by atoms with Gasteiger partial charge in [0.1, 0.15) is 10.4 Å². The first-order chi connectivity index (χ1) is 10.7. The molecule has 1 fully saturated rings. The number of carboxylic acids is 1. The number of carbonyl (C=O) groups is 2. The molecule has 1 N–H and O–H groups in total. The number of carbonyl (C=O) groups excluding carboxylic acids is 1. The largest absolute Gasteiger partial charge is 0.476 e. The van der Waals surface area contributed by atoms with Crippen molar-refractivity contribution in [2.75, 3.05) is 0 Å². The Morgan fingerprint density at radius 1 is 1.48 bits per heavy atom. The lowest BCUT2D eigenvalue weighted by atomic mass is 9.92. The summed E-state index contributed by atoms with van der Waals surface area (Å²) in [6, 6.07) is 0. The minimum Gasteiger partial charge on any atom is -0.476 e. The molecular formula is C14H19N3O4SSi. The second-order valence-corrected chi connectivity index (χ2v) is 12.2. The van der Waals surface area contributed by atoms with Gasteiger partial charge < -0.3 is 9.53 Å². The van der Waals surface area contributed by atoms with Crippen LogP contribution in [0, 0.1) is 5.92 Å². The molecule has 1 unspecified atom stereocenters. The fraction of sp³-hybridized carbons (Fsp3) is 0.500. The van der Waals surface area contributed by atoms with Crippen molar-refractivity contribution in [3.63, 3.8) is 0 Å². The van der Waals surface area contributed by atoms with Crippen molar-refractivity contribution in [2.45, 2.75) is 38.0 Å². The third-order valence-electron chi connectivity index (χ3n) is 3.75. The number of amides is 1. The summed E-state index contributed by atoms with van der Waals surface area (Å²) in [5, 5.41) is 9.81. The van der Waals surface area contributed by atoms with Crippen LogP contribution in [0.25, 0.3) is 5.03 Å². The van der Waals surface area contributed by atoms with E-state index < -0.39 is 14.3 Å². The molecule has 1 aromatic rings. The third kappa shape index (κ3) is 2.72. The van der Waals surface area contributed by atoms with Gasteiger partial charge in [0.05, 0.1) is 18.3 Å². The topological polar surface area (TPSA) is 84.7 Å². The second kappa shape index (κ2) is 5.50. The quantitative estimate of drug-likeness (QED) is 0.642. The zero-order valence-corrected chi connectivity index (χ0v) is 15.2. The smallest absolute Gasteiger partial charge is 0.355 e. The molecule has 3 atom stereocenters. The van der Waals surface area contributed by atoms with Crippen LogP contribution < -0.4 is 0 Å². The van der Waals surface area contributed by atoms with Gasteiger partial charge in [-0.25, -0.2) is 9.78 Å². The maximum absolute atomic E-state index is 12.5. The molecule has 0 aromatic carbocycles. The number of aliphatic carboxylic acids is 1. The molecule has 3 heterocycles. The summed E-state index contributed by atoms with van der Waals surface area (Å²) >= 11 is 1.38. The van der Waals surface area contributed by atoms with Gasteiger partial charge in [-0.1, -0.05) is 11.8 Å². The molecule has 0 bridgehead atoms. The summed E-state index contributed by atoms with van der Waals surface area (Å²) in [5.41, 5.74) is 0.0273. The maximum Gasteiger partial charge on any atom is 0.355 e. The first-order valence-corrected chi connectivity index (χ1v) is 11.6. The fourth-order valence-electron chi connectivity index (χ4n) is 2.94. The zero-order chi connectivity index (χ0) is 16.9. The number of nitrogens with zero attached hydrogens (tertiary/aromatic N) is 3. The van der Waals surface area contributed by atoms with E-state index in [1.54, 1.807) is 23.3 Å². The van der Waals surface area contributed by atoms with Gasteiger partial charge in [-0.05, 0) is 26.6 Å².